The SMILES string of the molecule is CC1(C)c2ccccc2N(c2ccccc2)c2ccc(-c3cccc4c5c6ccccc6ccc5n(-c5ccc(-c6nc(-c7ccccc7)c7ccccc7n6)cc5)c34)cc21. The van der Waals surface area contributed by atoms with Crippen LogP contribution in [0.2, 0.25) is 0 Å². The van der Waals surface area contributed by atoms with Crippen LogP contribution in [0.25, 0.3) is 82.9 Å². The van der Waals surface area contributed by atoms with Crippen LogP contribution in [-0.4, -0.2) is 14.5 Å². The first kappa shape index (κ1) is 35.2. The number of hydrogen-bond acceptors (Lipinski definition) is 3. The summed E-state index contributed by atoms with van der Waals surface area (Å²) in [6, 6.07) is 74.3. The quantitative estimate of drug-likeness (QED) is 0.174. The highest BCUT2D eigenvalue weighted by Crippen LogP contribution is 2.53. The molecule has 4 nitrogen and oxygen atoms in total. The minimum atomic E-state index is -0.231. The smallest absolute Gasteiger partial charge is 0.160 e. The van der Waals surface area contributed by atoms with Crippen molar-refractivity contribution in [3.05, 3.63) is 217 Å². The molecule has 2 aromatic heterocycles. The lowest BCUT2D eigenvalue weighted by Gasteiger charge is -2.42. The Kier molecular flexibility index (Phi) is 7.85. The van der Waals surface area contributed by atoms with Crippen molar-refractivity contribution in [2.75, 3.05) is 4.90 Å². The van der Waals surface area contributed by atoms with Gasteiger partial charge in [0.05, 0.1) is 33.6 Å². The standard InChI is InChI=1S/C57H40N4/c1-57(2)47-25-12-14-27-50(47)60(41-19-7-4-8-20-41)51-34-31-40(36-48(51)57)44-23-15-24-46-53-43-21-10-9-16-37(43)30-35-52(53)61(55(44)46)42-32-28-39(29-33-42)56-58-49-26-13-11-22-45(49)54(59-56)38-17-5-3-6-18-38/h3-36H,1-2H3. The Hall–Kier alpha value is -7.82. The van der Waals surface area contributed by atoms with Gasteiger partial charge in [0, 0.05) is 49.6 Å². The van der Waals surface area contributed by atoms with Crippen LogP contribution in [0.3, 0.4) is 0 Å². The summed E-state index contributed by atoms with van der Waals surface area (Å²) in [5.74, 6) is 0.709. The summed E-state index contributed by atoms with van der Waals surface area (Å²) >= 11 is 0. The van der Waals surface area contributed by atoms with Gasteiger partial charge in [-0.15, -0.1) is 0 Å². The summed E-state index contributed by atoms with van der Waals surface area (Å²) < 4.78 is 2.46. The molecule has 3 heterocycles. The summed E-state index contributed by atoms with van der Waals surface area (Å²) in [6.45, 7) is 4.73. The molecule has 1 aliphatic rings. The first-order chi connectivity index (χ1) is 30.0. The van der Waals surface area contributed by atoms with E-state index in [4.69, 9.17) is 9.97 Å². The molecule has 0 saturated carbocycles. The summed E-state index contributed by atoms with van der Waals surface area (Å²) in [7, 11) is 0. The van der Waals surface area contributed by atoms with Crippen molar-refractivity contribution in [3.8, 4) is 39.5 Å². The zero-order valence-electron chi connectivity index (χ0n) is 33.9. The van der Waals surface area contributed by atoms with Crippen molar-refractivity contribution < 1.29 is 0 Å². The van der Waals surface area contributed by atoms with Crippen molar-refractivity contribution >= 4 is 60.5 Å². The molecule has 0 amide bonds. The van der Waals surface area contributed by atoms with E-state index >= 15 is 0 Å². The maximum Gasteiger partial charge on any atom is 0.160 e. The van der Waals surface area contributed by atoms with Gasteiger partial charge in [-0.05, 0) is 94.2 Å². The zero-order valence-corrected chi connectivity index (χ0v) is 33.9. The molecule has 0 spiro atoms. The predicted molar refractivity (Wildman–Crippen MR) is 255 cm³/mol. The van der Waals surface area contributed by atoms with Gasteiger partial charge in [0.1, 0.15) is 0 Å². The predicted octanol–water partition coefficient (Wildman–Crippen LogP) is 15.0. The Morgan fingerprint density at radius 3 is 1.95 bits per heavy atom. The number of anilines is 3. The van der Waals surface area contributed by atoms with Gasteiger partial charge in [-0.2, -0.15) is 0 Å². The fourth-order valence-corrected chi connectivity index (χ4v) is 9.84. The van der Waals surface area contributed by atoms with E-state index in [0.717, 1.165) is 39.1 Å². The van der Waals surface area contributed by atoms with Crippen molar-refractivity contribution in [1.29, 1.82) is 0 Å². The van der Waals surface area contributed by atoms with Gasteiger partial charge in [-0.25, -0.2) is 9.97 Å². The molecule has 11 aromatic rings. The summed E-state index contributed by atoms with van der Waals surface area (Å²) in [5.41, 5.74) is 15.7. The molecule has 0 aliphatic carbocycles. The number of nitrogens with zero attached hydrogens (tertiary/aromatic N) is 4. The highest BCUT2D eigenvalue weighted by atomic mass is 15.2. The summed E-state index contributed by atoms with van der Waals surface area (Å²) in [6.07, 6.45) is 0. The molecular weight excluding hydrogens is 741 g/mol. The number of hydrogen-bond donors (Lipinski definition) is 0. The third-order valence-corrected chi connectivity index (χ3v) is 12.8. The minimum absolute atomic E-state index is 0.231. The van der Waals surface area contributed by atoms with Crippen LogP contribution >= 0.6 is 0 Å². The second kappa shape index (κ2) is 13.6. The molecular formula is C57H40N4. The third kappa shape index (κ3) is 5.46. The third-order valence-electron chi connectivity index (χ3n) is 12.8. The lowest BCUT2D eigenvalue weighted by molar-refractivity contribution is 0.632. The number of fused-ring (bicyclic) bond motifs is 8. The van der Waals surface area contributed by atoms with Crippen molar-refractivity contribution in [1.82, 2.24) is 14.5 Å². The van der Waals surface area contributed by atoms with Gasteiger partial charge in [0.2, 0.25) is 0 Å². The minimum Gasteiger partial charge on any atom is -0.310 e. The van der Waals surface area contributed by atoms with E-state index in [2.05, 4.69) is 217 Å². The summed E-state index contributed by atoms with van der Waals surface area (Å²) in [4.78, 5) is 12.7. The van der Waals surface area contributed by atoms with Crippen LogP contribution in [0.4, 0.5) is 17.1 Å². The van der Waals surface area contributed by atoms with E-state index in [-0.39, 0.29) is 5.41 Å². The highest BCUT2D eigenvalue weighted by molar-refractivity contribution is 6.23. The van der Waals surface area contributed by atoms with Crippen molar-refractivity contribution in [2.24, 2.45) is 0 Å². The van der Waals surface area contributed by atoms with Crippen LogP contribution < -0.4 is 4.90 Å². The molecule has 4 heteroatoms. The zero-order chi connectivity index (χ0) is 40.7. The molecule has 0 N–H and O–H groups in total. The van der Waals surface area contributed by atoms with E-state index in [1.807, 2.05) is 12.1 Å². The van der Waals surface area contributed by atoms with E-state index in [0.29, 0.717) is 5.82 Å². The number of aromatic nitrogens is 3. The Labute approximate surface area is 354 Å². The molecule has 0 bridgehead atoms. The van der Waals surface area contributed by atoms with Gasteiger partial charge in [0.15, 0.2) is 5.82 Å². The van der Waals surface area contributed by atoms with Crippen LogP contribution in [0.15, 0.2) is 206 Å². The molecule has 1 aliphatic heterocycles. The maximum absolute atomic E-state index is 5.19. The normalized spacial score (nSPS) is 13.2. The second-order valence-corrected chi connectivity index (χ2v) is 16.6. The number of para-hydroxylation sites is 4. The Morgan fingerprint density at radius 2 is 1.11 bits per heavy atom. The van der Waals surface area contributed by atoms with Crippen molar-refractivity contribution in [2.45, 2.75) is 19.3 Å². The lowest BCUT2D eigenvalue weighted by atomic mass is 9.73. The van der Waals surface area contributed by atoms with Crippen LogP contribution in [0.1, 0.15) is 25.0 Å². The molecule has 12 rings (SSSR count). The Balaban J connectivity index is 1.07. The molecule has 9 aromatic carbocycles. The topological polar surface area (TPSA) is 34.0 Å². The average molecular weight is 781 g/mol. The Bertz CT molecular complexity index is 3490. The second-order valence-electron chi connectivity index (χ2n) is 16.6. The average Bonchev–Trinajstić information content (AvgIpc) is 3.67. The lowest BCUT2D eigenvalue weighted by Crippen LogP contribution is -2.30. The first-order valence-electron chi connectivity index (χ1n) is 21.0. The largest absolute Gasteiger partial charge is 0.310 e. The highest BCUT2D eigenvalue weighted by Gasteiger charge is 2.37. The van der Waals surface area contributed by atoms with Crippen LogP contribution in [-0.2, 0) is 5.41 Å². The number of rotatable bonds is 5. The summed E-state index contributed by atoms with van der Waals surface area (Å²) in [5, 5.41) is 6.00. The van der Waals surface area contributed by atoms with E-state index in [1.165, 1.54) is 66.2 Å². The molecule has 0 radical (unpaired) electrons. The van der Waals surface area contributed by atoms with Crippen LogP contribution in [0.5, 0.6) is 0 Å². The maximum atomic E-state index is 5.19. The Morgan fingerprint density at radius 1 is 0.443 bits per heavy atom. The van der Waals surface area contributed by atoms with Crippen molar-refractivity contribution in [3.63, 3.8) is 0 Å². The van der Waals surface area contributed by atoms with Gasteiger partial charge in [-0.3, -0.25) is 0 Å². The van der Waals surface area contributed by atoms with Crippen LogP contribution in [0, 0.1) is 0 Å². The molecule has 0 fully saturated rings. The van der Waals surface area contributed by atoms with Gasteiger partial charge >= 0.3 is 0 Å². The molecule has 0 unspecified atom stereocenters. The van der Waals surface area contributed by atoms with E-state index in [1.54, 1.807) is 0 Å². The number of benzene rings is 9. The fourth-order valence-electron chi connectivity index (χ4n) is 9.84. The monoisotopic (exact) mass is 780 g/mol. The van der Waals surface area contributed by atoms with Gasteiger partial charge in [-0.1, -0.05) is 153 Å². The molecule has 0 atom stereocenters. The molecule has 0 saturated heterocycles. The fraction of sp³-hybridized carbons (Fsp3) is 0.0526. The molecule has 61 heavy (non-hydrogen) atoms. The van der Waals surface area contributed by atoms with Gasteiger partial charge < -0.3 is 9.47 Å². The van der Waals surface area contributed by atoms with E-state index < -0.39 is 0 Å². The van der Waals surface area contributed by atoms with E-state index in [9.17, 15) is 0 Å². The van der Waals surface area contributed by atoms with Gasteiger partial charge in [0.25, 0.3) is 0 Å². The first-order valence-corrected chi connectivity index (χ1v) is 21.0. The molecule has 288 valence electrons.